The smallest absolute Gasteiger partial charge is 0.349 e. The van der Waals surface area contributed by atoms with Gasteiger partial charge in [0.25, 0.3) is 0 Å². The van der Waals surface area contributed by atoms with Crippen LogP contribution in [0.3, 0.4) is 0 Å². The molecule has 0 spiro atoms. The average Bonchev–Trinajstić information content (AvgIpc) is 3.05. The molecule has 0 aliphatic carbocycles. The third-order valence-corrected chi connectivity index (χ3v) is 2.62. The van der Waals surface area contributed by atoms with E-state index in [-0.39, 0.29) is 18.8 Å². The molecule has 0 amide bonds. The third-order valence-electron chi connectivity index (χ3n) is 2.62. The van der Waals surface area contributed by atoms with Gasteiger partial charge in [0.15, 0.2) is 0 Å². The average molecular weight is 296 g/mol. The molecule has 1 aromatic heterocycles. The lowest BCUT2D eigenvalue weighted by Gasteiger charge is -2.02. The first-order chi connectivity index (χ1) is 10.8. The quantitative estimate of drug-likeness (QED) is 0.368. The van der Waals surface area contributed by atoms with E-state index in [4.69, 9.17) is 13.9 Å². The Morgan fingerprint density at radius 3 is 2.73 bits per heavy atom. The number of ether oxygens (including phenoxy) is 2. The van der Waals surface area contributed by atoms with Crippen LogP contribution in [0.2, 0.25) is 0 Å². The van der Waals surface area contributed by atoms with Gasteiger partial charge in [-0.25, -0.2) is 4.79 Å². The van der Waals surface area contributed by atoms with Crippen molar-refractivity contribution in [3.63, 3.8) is 0 Å². The van der Waals surface area contributed by atoms with Gasteiger partial charge in [0.2, 0.25) is 0 Å². The van der Waals surface area contributed by atoms with Crippen LogP contribution in [-0.4, -0.2) is 12.6 Å². The van der Waals surface area contributed by atoms with Crippen molar-refractivity contribution < 1.29 is 18.7 Å². The van der Waals surface area contributed by atoms with Gasteiger partial charge in [-0.15, -0.1) is 0 Å². The van der Waals surface area contributed by atoms with Gasteiger partial charge in [-0.1, -0.05) is 30.0 Å². The van der Waals surface area contributed by atoms with Gasteiger partial charge in [-0.05, 0) is 31.2 Å². The molecule has 4 heteroatoms. The number of furan rings is 1. The number of benzene rings is 1. The molecular formula is C18H16O4. The maximum absolute atomic E-state index is 11.9. The van der Waals surface area contributed by atoms with Crippen LogP contribution in [0.25, 0.3) is 0 Å². The second-order valence-electron chi connectivity index (χ2n) is 4.26. The molecule has 2 rings (SSSR count). The van der Waals surface area contributed by atoms with E-state index in [0.29, 0.717) is 5.76 Å². The summed E-state index contributed by atoms with van der Waals surface area (Å²) in [5.74, 6) is 5.84. The number of esters is 1. The summed E-state index contributed by atoms with van der Waals surface area (Å²) in [5, 5.41) is 0. The van der Waals surface area contributed by atoms with Crippen molar-refractivity contribution in [3.8, 4) is 11.8 Å². The first-order valence-corrected chi connectivity index (χ1v) is 6.88. The van der Waals surface area contributed by atoms with Crippen LogP contribution in [0.5, 0.6) is 0 Å². The highest BCUT2D eigenvalue weighted by Gasteiger charge is 2.08. The van der Waals surface area contributed by atoms with Crippen molar-refractivity contribution in [2.24, 2.45) is 0 Å². The second kappa shape index (κ2) is 8.38. The first-order valence-electron chi connectivity index (χ1n) is 6.88. The Morgan fingerprint density at radius 1 is 1.23 bits per heavy atom. The zero-order chi connectivity index (χ0) is 15.6. The van der Waals surface area contributed by atoms with E-state index >= 15 is 0 Å². The summed E-state index contributed by atoms with van der Waals surface area (Å²) in [6, 6.07) is 12.9. The normalized spacial score (nSPS) is 10.5. The molecule has 0 N–H and O–H groups in total. The fourth-order valence-corrected chi connectivity index (χ4v) is 1.60. The summed E-state index contributed by atoms with van der Waals surface area (Å²) in [6.07, 6.45) is 2.86. The molecule has 2 aromatic rings. The molecule has 0 aliphatic heterocycles. The summed E-state index contributed by atoms with van der Waals surface area (Å²) >= 11 is 0. The molecule has 0 radical (unpaired) electrons. The molecule has 0 saturated carbocycles. The molecule has 0 aliphatic rings. The van der Waals surface area contributed by atoms with Crippen LogP contribution < -0.4 is 0 Å². The Hall–Kier alpha value is -2.93. The molecule has 112 valence electrons. The molecule has 1 aromatic carbocycles. The molecule has 0 fully saturated rings. The van der Waals surface area contributed by atoms with E-state index in [1.54, 1.807) is 25.3 Å². The lowest BCUT2D eigenvalue weighted by Crippen LogP contribution is -2.07. The van der Waals surface area contributed by atoms with Crippen LogP contribution >= 0.6 is 0 Å². The second-order valence-corrected chi connectivity index (χ2v) is 4.26. The van der Waals surface area contributed by atoms with Crippen molar-refractivity contribution in [1.29, 1.82) is 0 Å². The Labute approximate surface area is 129 Å². The van der Waals surface area contributed by atoms with E-state index in [1.165, 1.54) is 6.26 Å². The molecule has 22 heavy (non-hydrogen) atoms. The Morgan fingerprint density at radius 2 is 2.05 bits per heavy atom. The van der Waals surface area contributed by atoms with Crippen molar-refractivity contribution in [2.45, 2.75) is 13.5 Å². The van der Waals surface area contributed by atoms with E-state index in [1.807, 2.05) is 30.3 Å². The highest BCUT2D eigenvalue weighted by molar-refractivity contribution is 5.93. The lowest BCUT2D eigenvalue weighted by atomic mass is 10.2. The fourth-order valence-electron chi connectivity index (χ4n) is 1.60. The Balaban J connectivity index is 2.08. The van der Waals surface area contributed by atoms with Crippen LogP contribution in [0.15, 0.2) is 65.0 Å². The highest BCUT2D eigenvalue weighted by Crippen LogP contribution is 2.05. The maximum atomic E-state index is 11.9. The summed E-state index contributed by atoms with van der Waals surface area (Å²) in [6.45, 7) is 2.24. The van der Waals surface area contributed by atoms with Gasteiger partial charge in [-0.2, -0.15) is 0 Å². The van der Waals surface area contributed by atoms with Crippen molar-refractivity contribution in [2.75, 3.05) is 6.61 Å². The predicted molar refractivity (Wildman–Crippen MR) is 81.5 cm³/mol. The van der Waals surface area contributed by atoms with E-state index in [0.717, 1.165) is 5.56 Å². The van der Waals surface area contributed by atoms with E-state index in [9.17, 15) is 4.79 Å². The van der Waals surface area contributed by atoms with Gasteiger partial charge in [0.1, 0.15) is 24.2 Å². The van der Waals surface area contributed by atoms with E-state index in [2.05, 4.69) is 11.8 Å². The van der Waals surface area contributed by atoms with Crippen molar-refractivity contribution >= 4 is 5.97 Å². The summed E-state index contributed by atoms with van der Waals surface area (Å²) in [7, 11) is 0. The lowest BCUT2D eigenvalue weighted by molar-refractivity contribution is -0.138. The number of hydrogen-bond acceptors (Lipinski definition) is 4. The number of rotatable bonds is 5. The van der Waals surface area contributed by atoms with Crippen LogP contribution in [-0.2, 0) is 20.9 Å². The van der Waals surface area contributed by atoms with Gasteiger partial charge >= 0.3 is 5.97 Å². The van der Waals surface area contributed by atoms with Crippen LogP contribution in [0, 0.1) is 11.8 Å². The zero-order valence-corrected chi connectivity index (χ0v) is 12.2. The summed E-state index contributed by atoms with van der Waals surface area (Å²) in [4.78, 5) is 11.9. The van der Waals surface area contributed by atoms with Crippen molar-refractivity contribution in [3.05, 3.63) is 71.9 Å². The summed E-state index contributed by atoms with van der Waals surface area (Å²) < 4.78 is 15.5. The Kier molecular flexibility index (Phi) is 5.89. The molecule has 0 atom stereocenters. The van der Waals surface area contributed by atoms with Crippen LogP contribution in [0.4, 0.5) is 0 Å². The third kappa shape index (κ3) is 4.88. The van der Waals surface area contributed by atoms with Gasteiger partial charge in [-0.3, -0.25) is 0 Å². The predicted octanol–water partition coefficient (Wildman–Crippen LogP) is 3.29. The minimum absolute atomic E-state index is 0.164. The molecule has 1 heterocycles. The standard InChI is InChI=1S/C18H16O4/c1-2-21-18(19)16(11-10-15-7-4-3-5-8-15)13-20-14-17-9-6-12-22-17/h3-9,12-13H,2,14H2,1H3/b16-13+. The van der Waals surface area contributed by atoms with Gasteiger partial charge < -0.3 is 13.9 Å². The SMILES string of the molecule is CCOC(=O)/C(C#Cc1ccccc1)=C/OCc1ccco1. The highest BCUT2D eigenvalue weighted by atomic mass is 16.5. The topological polar surface area (TPSA) is 48.7 Å². The molecule has 0 unspecified atom stereocenters. The van der Waals surface area contributed by atoms with E-state index < -0.39 is 5.97 Å². The van der Waals surface area contributed by atoms with Crippen molar-refractivity contribution in [1.82, 2.24) is 0 Å². The molecule has 0 bridgehead atoms. The minimum Gasteiger partial charge on any atom is -0.492 e. The molecular weight excluding hydrogens is 280 g/mol. The van der Waals surface area contributed by atoms with Gasteiger partial charge in [0, 0.05) is 5.56 Å². The molecule has 0 saturated heterocycles. The monoisotopic (exact) mass is 296 g/mol. The van der Waals surface area contributed by atoms with Crippen LogP contribution in [0.1, 0.15) is 18.2 Å². The minimum atomic E-state index is -0.509. The van der Waals surface area contributed by atoms with Gasteiger partial charge in [0.05, 0.1) is 12.9 Å². The number of carbonyl (C=O) groups is 1. The number of hydrogen-bond donors (Lipinski definition) is 0. The zero-order valence-electron chi connectivity index (χ0n) is 12.2. The summed E-state index contributed by atoms with van der Waals surface area (Å²) in [5.41, 5.74) is 0.973. The first kappa shape index (κ1) is 15.5. The Bertz CT molecular complexity index is 673. The number of carbonyl (C=O) groups excluding carboxylic acids is 1. The largest absolute Gasteiger partial charge is 0.492 e. The molecule has 4 nitrogen and oxygen atoms in total. The maximum Gasteiger partial charge on any atom is 0.349 e. The fraction of sp³-hybridized carbons (Fsp3) is 0.167.